The zero-order valence-electron chi connectivity index (χ0n) is 20.8. The number of nitrogens with one attached hydrogen (secondary N) is 1. The Morgan fingerprint density at radius 1 is 0.848 bits per heavy atom. The summed E-state index contributed by atoms with van der Waals surface area (Å²) in [7, 11) is 0. The molecule has 0 heterocycles. The first kappa shape index (κ1) is 29.1. The van der Waals surface area contributed by atoms with Crippen molar-refractivity contribution in [3.63, 3.8) is 0 Å². The third kappa shape index (κ3) is 15.5. The van der Waals surface area contributed by atoms with E-state index in [1.165, 1.54) is 57.8 Å². The second-order valence-corrected chi connectivity index (χ2v) is 8.99. The number of benzene rings is 1. The lowest BCUT2D eigenvalue weighted by Gasteiger charge is -2.25. The first-order chi connectivity index (χ1) is 16.1. The fourth-order valence-corrected chi connectivity index (χ4v) is 4.00. The average molecular weight is 477 g/mol. The molecule has 33 heavy (non-hydrogen) atoms. The van der Waals surface area contributed by atoms with Crippen LogP contribution in [0.15, 0.2) is 30.3 Å². The molecule has 1 N–H and O–H groups in total. The molecule has 0 fully saturated rings. The summed E-state index contributed by atoms with van der Waals surface area (Å²) in [5, 5.41) is 3.23. The van der Waals surface area contributed by atoms with Crippen molar-refractivity contribution in [2.45, 2.75) is 104 Å². The Hall–Kier alpha value is -1.95. The number of nitrogens with zero attached hydrogens (tertiary/aromatic N) is 1. The molecule has 0 aromatic heterocycles. The van der Waals surface area contributed by atoms with E-state index >= 15 is 0 Å². The molecule has 0 spiro atoms. The predicted octanol–water partition coefficient (Wildman–Crippen LogP) is 6.54. The van der Waals surface area contributed by atoms with E-state index in [0.29, 0.717) is 31.2 Å². The number of amides is 1. The van der Waals surface area contributed by atoms with Gasteiger partial charge in [-0.25, -0.2) is 0 Å². The van der Waals surface area contributed by atoms with Gasteiger partial charge in [-0.2, -0.15) is 0 Å². The normalized spacial score (nSPS) is 10.6. The number of hydrogen-bond donors (Lipinski definition) is 1. The summed E-state index contributed by atoms with van der Waals surface area (Å²) in [4.78, 5) is 26.0. The molecule has 0 aliphatic heterocycles. The number of hydrogen-bond acceptors (Lipinski definition) is 4. The van der Waals surface area contributed by atoms with E-state index in [2.05, 4.69) is 12.2 Å². The van der Waals surface area contributed by atoms with Crippen molar-refractivity contribution in [3.8, 4) is 0 Å². The van der Waals surface area contributed by atoms with Crippen LogP contribution in [0.2, 0.25) is 0 Å². The number of unbranched alkanes of at least 4 members (excludes halogenated alkanes) is 10. The Bertz CT molecular complexity index is 667. The van der Waals surface area contributed by atoms with Gasteiger partial charge in [0.15, 0.2) is 5.11 Å². The maximum atomic E-state index is 12.4. The highest BCUT2D eigenvalue weighted by atomic mass is 32.1. The van der Waals surface area contributed by atoms with Gasteiger partial charge in [-0.1, -0.05) is 101 Å². The highest BCUT2D eigenvalue weighted by molar-refractivity contribution is 7.80. The van der Waals surface area contributed by atoms with E-state index in [4.69, 9.17) is 17.0 Å². The molecule has 1 amide bonds. The van der Waals surface area contributed by atoms with Gasteiger partial charge in [0.2, 0.25) is 5.91 Å². The van der Waals surface area contributed by atoms with Crippen molar-refractivity contribution < 1.29 is 14.3 Å². The zero-order valence-corrected chi connectivity index (χ0v) is 21.6. The van der Waals surface area contributed by atoms with Crippen molar-refractivity contribution in [1.82, 2.24) is 10.2 Å². The maximum absolute atomic E-state index is 12.4. The number of carbonyl (C=O) groups excluding carboxylic acids is 2. The lowest BCUT2D eigenvalue weighted by Crippen LogP contribution is -2.43. The molecule has 0 radical (unpaired) electrons. The zero-order chi connectivity index (χ0) is 24.2. The van der Waals surface area contributed by atoms with Gasteiger partial charge >= 0.3 is 5.97 Å². The van der Waals surface area contributed by atoms with Gasteiger partial charge in [0, 0.05) is 19.5 Å². The first-order valence-electron chi connectivity index (χ1n) is 12.8. The van der Waals surface area contributed by atoms with Crippen molar-refractivity contribution in [2.24, 2.45) is 0 Å². The Kier molecular flexibility index (Phi) is 17.2. The predicted molar refractivity (Wildman–Crippen MR) is 140 cm³/mol. The molecule has 1 rings (SSSR count). The van der Waals surface area contributed by atoms with Crippen LogP contribution in [0.3, 0.4) is 0 Å². The number of esters is 1. The molecular weight excluding hydrogens is 432 g/mol. The van der Waals surface area contributed by atoms with Crippen LogP contribution >= 0.6 is 12.2 Å². The molecule has 5 nitrogen and oxygen atoms in total. The van der Waals surface area contributed by atoms with Crippen LogP contribution in [0.5, 0.6) is 0 Å². The molecule has 186 valence electrons. The van der Waals surface area contributed by atoms with Crippen LogP contribution in [0.25, 0.3) is 0 Å². The van der Waals surface area contributed by atoms with E-state index in [0.717, 1.165) is 18.4 Å². The molecule has 0 atom stereocenters. The van der Waals surface area contributed by atoms with Crippen molar-refractivity contribution in [3.05, 3.63) is 35.9 Å². The van der Waals surface area contributed by atoms with Crippen LogP contribution in [-0.2, 0) is 20.9 Å². The standard InChI is InChI=1S/C27H44N2O3S/c1-3-5-6-7-8-9-10-11-12-13-17-20-25(30)28-27(33)29(22-21-26(31)32-4-2)23-24-18-15-14-16-19-24/h14-16,18-19H,3-13,17,20-23H2,1-2H3,(H,28,30,33). The quantitative estimate of drug-likeness (QED) is 0.148. The number of carbonyl (C=O) groups is 2. The summed E-state index contributed by atoms with van der Waals surface area (Å²) in [5.74, 6) is -0.309. The Labute approximate surface area is 206 Å². The van der Waals surface area contributed by atoms with E-state index < -0.39 is 0 Å². The SMILES string of the molecule is CCCCCCCCCCCCCC(=O)NC(=S)N(CCC(=O)OCC)Cc1ccccc1. The first-order valence-corrected chi connectivity index (χ1v) is 13.3. The highest BCUT2D eigenvalue weighted by Crippen LogP contribution is 2.12. The van der Waals surface area contributed by atoms with Gasteiger partial charge in [0.25, 0.3) is 0 Å². The molecule has 0 aliphatic rings. The number of rotatable bonds is 18. The van der Waals surface area contributed by atoms with Crippen molar-refractivity contribution >= 4 is 29.2 Å². The minimum atomic E-state index is -0.259. The average Bonchev–Trinajstić information content (AvgIpc) is 2.81. The van der Waals surface area contributed by atoms with E-state index in [-0.39, 0.29) is 18.3 Å². The molecule has 1 aromatic carbocycles. The minimum Gasteiger partial charge on any atom is -0.466 e. The Morgan fingerprint density at radius 3 is 2.00 bits per heavy atom. The molecular formula is C27H44N2O3S. The molecule has 0 aliphatic carbocycles. The third-order valence-corrected chi connectivity index (χ3v) is 6.01. The molecule has 0 saturated heterocycles. The minimum absolute atomic E-state index is 0.0508. The van der Waals surface area contributed by atoms with Crippen molar-refractivity contribution in [2.75, 3.05) is 13.2 Å². The molecule has 1 aromatic rings. The summed E-state index contributed by atoms with van der Waals surface area (Å²) in [5.41, 5.74) is 1.07. The molecule has 0 saturated carbocycles. The molecule has 0 bridgehead atoms. The van der Waals surface area contributed by atoms with Gasteiger partial charge in [-0.05, 0) is 31.1 Å². The van der Waals surface area contributed by atoms with E-state index in [1.807, 2.05) is 35.2 Å². The summed E-state index contributed by atoms with van der Waals surface area (Å²) < 4.78 is 5.03. The summed E-state index contributed by atoms with van der Waals surface area (Å²) >= 11 is 5.50. The van der Waals surface area contributed by atoms with Crippen molar-refractivity contribution in [1.29, 1.82) is 0 Å². The van der Waals surface area contributed by atoms with Gasteiger partial charge in [-0.15, -0.1) is 0 Å². The monoisotopic (exact) mass is 476 g/mol. The van der Waals surface area contributed by atoms with Gasteiger partial charge in [0.05, 0.1) is 13.0 Å². The van der Waals surface area contributed by atoms with E-state index in [9.17, 15) is 9.59 Å². The van der Waals surface area contributed by atoms with Crippen LogP contribution in [-0.4, -0.2) is 35.0 Å². The van der Waals surface area contributed by atoms with Crippen LogP contribution < -0.4 is 5.32 Å². The van der Waals surface area contributed by atoms with Crippen LogP contribution in [0, 0.1) is 0 Å². The van der Waals surface area contributed by atoms with Crippen LogP contribution in [0.1, 0.15) is 103 Å². The lowest BCUT2D eigenvalue weighted by molar-refractivity contribution is -0.143. The second-order valence-electron chi connectivity index (χ2n) is 8.60. The van der Waals surface area contributed by atoms with Gasteiger partial charge in [-0.3, -0.25) is 9.59 Å². The fraction of sp³-hybridized carbons (Fsp3) is 0.667. The topological polar surface area (TPSA) is 58.6 Å². The molecule has 0 unspecified atom stereocenters. The highest BCUT2D eigenvalue weighted by Gasteiger charge is 2.15. The van der Waals surface area contributed by atoms with Gasteiger partial charge in [0.1, 0.15) is 0 Å². The van der Waals surface area contributed by atoms with E-state index in [1.54, 1.807) is 6.92 Å². The summed E-state index contributed by atoms with van der Waals surface area (Å²) in [6, 6.07) is 9.90. The summed E-state index contributed by atoms with van der Waals surface area (Å²) in [6.07, 6.45) is 14.5. The van der Waals surface area contributed by atoms with Crippen LogP contribution in [0.4, 0.5) is 0 Å². The lowest BCUT2D eigenvalue weighted by atomic mass is 10.1. The molecule has 6 heteroatoms. The van der Waals surface area contributed by atoms with Gasteiger partial charge < -0.3 is 15.0 Å². The number of ether oxygens (including phenoxy) is 1. The number of thiocarbonyl (C=S) groups is 1. The largest absolute Gasteiger partial charge is 0.466 e. The summed E-state index contributed by atoms with van der Waals surface area (Å²) in [6.45, 7) is 5.35. The Morgan fingerprint density at radius 2 is 1.42 bits per heavy atom. The smallest absolute Gasteiger partial charge is 0.307 e. The maximum Gasteiger partial charge on any atom is 0.307 e. The second kappa shape index (κ2) is 19.5. The Balaban J connectivity index is 2.28. The fourth-order valence-electron chi connectivity index (χ4n) is 3.73. The third-order valence-electron chi connectivity index (χ3n) is 5.65.